The van der Waals surface area contributed by atoms with Crippen LogP contribution in [0, 0.1) is 0 Å². The molecule has 2 aliphatic heterocycles. The van der Waals surface area contributed by atoms with Gasteiger partial charge >= 0.3 is 6.09 Å². The van der Waals surface area contributed by atoms with Gasteiger partial charge in [-0.3, -0.25) is 4.79 Å². The molecule has 2 aliphatic rings. The maximum absolute atomic E-state index is 12.8. The van der Waals surface area contributed by atoms with E-state index in [2.05, 4.69) is 5.32 Å². The van der Waals surface area contributed by atoms with Gasteiger partial charge in [-0.25, -0.2) is 4.79 Å². The molecule has 1 fully saturated rings. The van der Waals surface area contributed by atoms with Crippen LogP contribution in [0.2, 0.25) is 0 Å². The Balaban J connectivity index is 1.36. The van der Waals surface area contributed by atoms with Crippen LogP contribution in [0.3, 0.4) is 0 Å². The number of para-hydroxylation sites is 1. The Kier molecular flexibility index (Phi) is 5.25. The van der Waals surface area contributed by atoms with E-state index in [1.807, 2.05) is 51.1 Å². The quantitative estimate of drug-likeness (QED) is 0.789. The number of fused-ring (bicyclic) bond motifs is 3. The topological polar surface area (TPSA) is 67.9 Å². The molecule has 0 bridgehead atoms. The van der Waals surface area contributed by atoms with Crippen LogP contribution in [0.1, 0.15) is 48.8 Å². The summed E-state index contributed by atoms with van der Waals surface area (Å²) in [6.45, 7) is 7.25. The molecule has 7 heteroatoms. The van der Waals surface area contributed by atoms with Crippen LogP contribution < -0.4 is 10.1 Å². The number of hydrogen-bond donors (Lipinski definition) is 1. The van der Waals surface area contributed by atoms with Gasteiger partial charge in [0.2, 0.25) is 0 Å². The monoisotopic (exact) mass is 414 g/mol. The van der Waals surface area contributed by atoms with E-state index in [-0.39, 0.29) is 18.0 Å². The van der Waals surface area contributed by atoms with E-state index in [9.17, 15) is 9.59 Å². The van der Waals surface area contributed by atoms with Crippen molar-refractivity contribution in [3.63, 3.8) is 0 Å². The standard InChI is InChI=1S/C22H26N2O4S/c1-22(2,3)28-21(26)24-10-8-15(9-11-24)23-20(25)18-12-14-13-27-17-7-5-4-6-16(17)19(14)29-18/h4-7,12,15H,8-11,13H2,1-3H3,(H,23,25). The predicted molar refractivity (Wildman–Crippen MR) is 112 cm³/mol. The molecule has 0 saturated carbocycles. The summed E-state index contributed by atoms with van der Waals surface area (Å²) in [5.41, 5.74) is 1.60. The van der Waals surface area contributed by atoms with E-state index in [1.54, 1.807) is 4.90 Å². The van der Waals surface area contributed by atoms with Gasteiger partial charge in [0.15, 0.2) is 0 Å². The Bertz CT molecular complexity index is 923. The highest BCUT2D eigenvalue weighted by Crippen LogP contribution is 2.42. The molecular weight excluding hydrogens is 388 g/mol. The summed E-state index contributed by atoms with van der Waals surface area (Å²) in [6.07, 6.45) is 1.16. The first-order valence-electron chi connectivity index (χ1n) is 9.94. The van der Waals surface area contributed by atoms with Gasteiger partial charge in [-0.2, -0.15) is 0 Å². The third-order valence-corrected chi connectivity index (χ3v) is 6.24. The van der Waals surface area contributed by atoms with Crippen molar-refractivity contribution in [1.29, 1.82) is 0 Å². The zero-order chi connectivity index (χ0) is 20.6. The number of carbonyl (C=O) groups is 2. The fourth-order valence-corrected chi connectivity index (χ4v) is 4.70. The van der Waals surface area contributed by atoms with Crippen LogP contribution in [0.5, 0.6) is 5.75 Å². The number of thiophene rings is 1. The van der Waals surface area contributed by atoms with E-state index in [0.717, 1.165) is 34.6 Å². The zero-order valence-corrected chi connectivity index (χ0v) is 17.8. The van der Waals surface area contributed by atoms with Crippen LogP contribution in [-0.4, -0.2) is 41.6 Å². The highest BCUT2D eigenvalue weighted by molar-refractivity contribution is 7.17. The average Bonchev–Trinajstić information content (AvgIpc) is 3.12. The van der Waals surface area contributed by atoms with Crippen molar-refractivity contribution in [3.05, 3.63) is 40.8 Å². The first kappa shape index (κ1) is 19.8. The van der Waals surface area contributed by atoms with Crippen molar-refractivity contribution in [3.8, 4) is 16.2 Å². The lowest BCUT2D eigenvalue weighted by molar-refractivity contribution is 0.0200. The number of nitrogens with zero attached hydrogens (tertiary/aromatic N) is 1. The number of piperidine rings is 1. The van der Waals surface area contributed by atoms with Gasteiger partial charge in [0.1, 0.15) is 18.0 Å². The number of likely N-dealkylation sites (tertiary alicyclic amines) is 1. The Morgan fingerprint density at radius 1 is 1.21 bits per heavy atom. The molecule has 0 atom stereocenters. The highest BCUT2D eigenvalue weighted by Gasteiger charge is 2.28. The zero-order valence-electron chi connectivity index (χ0n) is 17.0. The molecule has 0 radical (unpaired) electrons. The summed E-state index contributed by atoms with van der Waals surface area (Å²) in [5, 5.41) is 3.13. The van der Waals surface area contributed by atoms with Crippen molar-refractivity contribution >= 4 is 23.3 Å². The molecule has 0 spiro atoms. The maximum atomic E-state index is 12.8. The van der Waals surface area contributed by atoms with Gasteiger partial charge in [-0.1, -0.05) is 12.1 Å². The molecule has 1 aromatic heterocycles. The number of ether oxygens (including phenoxy) is 2. The second-order valence-electron chi connectivity index (χ2n) is 8.46. The molecule has 3 heterocycles. The smallest absolute Gasteiger partial charge is 0.410 e. The van der Waals surface area contributed by atoms with Gasteiger partial charge in [0.05, 0.1) is 4.88 Å². The van der Waals surface area contributed by atoms with Crippen molar-refractivity contribution in [2.24, 2.45) is 0 Å². The summed E-state index contributed by atoms with van der Waals surface area (Å²) in [4.78, 5) is 28.5. The van der Waals surface area contributed by atoms with E-state index in [1.165, 1.54) is 11.3 Å². The Labute approximate surface area is 174 Å². The number of rotatable bonds is 2. The lowest BCUT2D eigenvalue weighted by Gasteiger charge is -2.33. The van der Waals surface area contributed by atoms with Gasteiger partial charge in [-0.15, -0.1) is 11.3 Å². The molecule has 29 heavy (non-hydrogen) atoms. The van der Waals surface area contributed by atoms with Gasteiger partial charge in [0.25, 0.3) is 5.91 Å². The van der Waals surface area contributed by atoms with Crippen molar-refractivity contribution in [1.82, 2.24) is 10.2 Å². The highest BCUT2D eigenvalue weighted by atomic mass is 32.1. The van der Waals surface area contributed by atoms with Crippen LogP contribution in [0.4, 0.5) is 4.79 Å². The molecule has 154 valence electrons. The first-order chi connectivity index (χ1) is 13.8. The van der Waals surface area contributed by atoms with Crippen LogP contribution >= 0.6 is 11.3 Å². The van der Waals surface area contributed by atoms with E-state index >= 15 is 0 Å². The molecule has 0 aliphatic carbocycles. The second-order valence-corrected chi connectivity index (χ2v) is 9.52. The molecule has 2 aromatic rings. The minimum Gasteiger partial charge on any atom is -0.488 e. The molecule has 1 aromatic carbocycles. The summed E-state index contributed by atoms with van der Waals surface area (Å²) in [6, 6.07) is 9.91. The fourth-order valence-electron chi connectivity index (χ4n) is 3.60. The summed E-state index contributed by atoms with van der Waals surface area (Å²) < 4.78 is 11.2. The van der Waals surface area contributed by atoms with Crippen LogP contribution in [0.15, 0.2) is 30.3 Å². The van der Waals surface area contributed by atoms with Gasteiger partial charge in [0, 0.05) is 35.1 Å². The summed E-state index contributed by atoms with van der Waals surface area (Å²) in [5.74, 6) is 0.806. The van der Waals surface area contributed by atoms with E-state index < -0.39 is 5.60 Å². The fraction of sp³-hybridized carbons (Fsp3) is 0.455. The first-order valence-corrected chi connectivity index (χ1v) is 10.8. The van der Waals surface area contributed by atoms with E-state index in [0.29, 0.717) is 24.6 Å². The van der Waals surface area contributed by atoms with Crippen LogP contribution in [0.25, 0.3) is 10.4 Å². The Morgan fingerprint density at radius 2 is 1.93 bits per heavy atom. The largest absolute Gasteiger partial charge is 0.488 e. The second kappa shape index (κ2) is 7.71. The van der Waals surface area contributed by atoms with Gasteiger partial charge < -0.3 is 19.7 Å². The van der Waals surface area contributed by atoms with Crippen LogP contribution in [-0.2, 0) is 11.3 Å². The number of carbonyl (C=O) groups excluding carboxylic acids is 2. The Morgan fingerprint density at radius 3 is 2.66 bits per heavy atom. The third kappa shape index (κ3) is 4.40. The maximum Gasteiger partial charge on any atom is 0.410 e. The minimum absolute atomic E-state index is 0.0578. The number of amides is 2. The summed E-state index contributed by atoms with van der Waals surface area (Å²) >= 11 is 1.51. The summed E-state index contributed by atoms with van der Waals surface area (Å²) in [7, 11) is 0. The normalized spacial score (nSPS) is 16.4. The molecule has 1 N–H and O–H groups in total. The number of nitrogens with one attached hydrogen (secondary N) is 1. The molecule has 2 amide bonds. The lowest BCUT2D eigenvalue weighted by Crippen LogP contribution is -2.47. The minimum atomic E-state index is -0.497. The SMILES string of the molecule is CC(C)(C)OC(=O)N1CCC(NC(=O)c2cc3c(s2)-c2ccccc2OC3)CC1. The average molecular weight is 415 g/mol. The van der Waals surface area contributed by atoms with Crippen molar-refractivity contribution in [2.45, 2.75) is 51.9 Å². The Hall–Kier alpha value is -2.54. The van der Waals surface area contributed by atoms with E-state index in [4.69, 9.17) is 9.47 Å². The number of benzene rings is 1. The molecule has 4 rings (SSSR count). The molecule has 1 saturated heterocycles. The predicted octanol–water partition coefficient (Wildman–Crippen LogP) is 4.44. The van der Waals surface area contributed by atoms with Crippen molar-refractivity contribution in [2.75, 3.05) is 13.1 Å². The van der Waals surface area contributed by atoms with Gasteiger partial charge in [-0.05, 0) is 51.8 Å². The third-order valence-electron chi connectivity index (χ3n) is 5.03. The molecule has 6 nitrogen and oxygen atoms in total. The van der Waals surface area contributed by atoms with Crippen molar-refractivity contribution < 1.29 is 19.1 Å². The lowest BCUT2D eigenvalue weighted by atomic mass is 10.0. The molecular formula is C22H26N2O4S. The molecule has 0 unspecified atom stereocenters. The number of hydrogen-bond acceptors (Lipinski definition) is 5.